The molecule has 1 aromatic heterocycles. The fourth-order valence-electron chi connectivity index (χ4n) is 1.05. The fourth-order valence-corrected chi connectivity index (χ4v) is 1.05. The largest absolute Gasteiger partial charge is 0.397 e. The average Bonchev–Trinajstić information content (AvgIpc) is 2.20. The van der Waals surface area contributed by atoms with Crippen molar-refractivity contribution in [2.75, 3.05) is 12.3 Å². The van der Waals surface area contributed by atoms with Gasteiger partial charge in [-0.2, -0.15) is 0 Å². The number of carbonyl (C=O) groups is 1. The number of aromatic nitrogens is 1. The van der Waals surface area contributed by atoms with E-state index in [1.165, 1.54) is 6.92 Å². The Bertz CT molecular complexity index is 343. The number of carbonyl (C=O) groups excluding carboxylic acids is 1. The molecule has 1 amide bonds. The van der Waals surface area contributed by atoms with Crippen LogP contribution < -0.4 is 11.1 Å². The van der Waals surface area contributed by atoms with Crippen molar-refractivity contribution in [2.24, 2.45) is 0 Å². The highest BCUT2D eigenvalue weighted by atomic mass is 16.1. The van der Waals surface area contributed by atoms with Gasteiger partial charge in [-0.3, -0.25) is 9.78 Å². The number of pyridine rings is 1. The molecule has 15 heavy (non-hydrogen) atoms. The molecule has 0 unspecified atom stereocenters. The van der Waals surface area contributed by atoms with Crippen LogP contribution in [0, 0.1) is 0 Å². The number of nitrogens with one attached hydrogen (secondary N) is 1. The second-order valence-electron chi connectivity index (χ2n) is 3.19. The molecular weight excluding hydrogens is 190 g/mol. The standard InChI is InChI=1S/C11H15N3O/c1-9(15)13-7-3-2-4-11-6-5-10(12)8-14-11/h2,4-6,8H,3,7,12H2,1H3,(H,13,15). The number of amides is 1. The second kappa shape index (κ2) is 5.80. The molecule has 4 heteroatoms. The Morgan fingerprint density at radius 3 is 3.00 bits per heavy atom. The van der Waals surface area contributed by atoms with Crippen molar-refractivity contribution in [2.45, 2.75) is 13.3 Å². The molecule has 0 atom stereocenters. The van der Waals surface area contributed by atoms with E-state index >= 15 is 0 Å². The SMILES string of the molecule is CC(=O)NCCC=Cc1ccc(N)cn1. The summed E-state index contributed by atoms with van der Waals surface area (Å²) in [5.41, 5.74) is 7.03. The highest BCUT2D eigenvalue weighted by Crippen LogP contribution is 2.02. The summed E-state index contributed by atoms with van der Waals surface area (Å²) >= 11 is 0. The number of nitrogens with two attached hydrogens (primary N) is 1. The first kappa shape index (κ1) is 11.2. The molecule has 0 aromatic carbocycles. The van der Waals surface area contributed by atoms with Crippen LogP contribution in [0.4, 0.5) is 5.69 Å². The lowest BCUT2D eigenvalue weighted by Gasteiger charge is -1.97. The summed E-state index contributed by atoms with van der Waals surface area (Å²) in [6.45, 7) is 2.16. The third-order valence-corrected chi connectivity index (χ3v) is 1.78. The fraction of sp³-hybridized carbons (Fsp3) is 0.273. The quantitative estimate of drug-likeness (QED) is 0.726. The van der Waals surface area contributed by atoms with Crippen molar-refractivity contribution in [3.8, 4) is 0 Å². The smallest absolute Gasteiger partial charge is 0.216 e. The zero-order chi connectivity index (χ0) is 11.1. The number of hydrogen-bond donors (Lipinski definition) is 2. The molecule has 1 heterocycles. The monoisotopic (exact) mass is 205 g/mol. The van der Waals surface area contributed by atoms with Crippen LogP contribution in [0.2, 0.25) is 0 Å². The Kier molecular flexibility index (Phi) is 4.34. The van der Waals surface area contributed by atoms with E-state index in [0.29, 0.717) is 12.2 Å². The summed E-state index contributed by atoms with van der Waals surface area (Å²) in [6.07, 6.45) is 6.29. The first-order valence-electron chi connectivity index (χ1n) is 4.81. The normalized spacial score (nSPS) is 10.5. The third-order valence-electron chi connectivity index (χ3n) is 1.78. The zero-order valence-corrected chi connectivity index (χ0v) is 8.73. The Balaban J connectivity index is 2.32. The van der Waals surface area contributed by atoms with E-state index in [0.717, 1.165) is 12.1 Å². The maximum Gasteiger partial charge on any atom is 0.216 e. The molecule has 1 aromatic rings. The number of rotatable bonds is 4. The molecule has 0 radical (unpaired) electrons. The molecule has 1 rings (SSSR count). The van der Waals surface area contributed by atoms with E-state index in [2.05, 4.69) is 10.3 Å². The van der Waals surface area contributed by atoms with Crippen molar-refractivity contribution < 1.29 is 4.79 Å². The number of hydrogen-bond acceptors (Lipinski definition) is 3. The van der Waals surface area contributed by atoms with Crippen molar-refractivity contribution in [1.82, 2.24) is 10.3 Å². The number of nitrogen functional groups attached to an aromatic ring is 1. The van der Waals surface area contributed by atoms with Gasteiger partial charge in [0, 0.05) is 13.5 Å². The van der Waals surface area contributed by atoms with Crippen molar-refractivity contribution in [3.63, 3.8) is 0 Å². The number of nitrogens with zero attached hydrogens (tertiary/aromatic N) is 1. The van der Waals surface area contributed by atoms with Crippen LogP contribution in [-0.4, -0.2) is 17.4 Å². The first-order chi connectivity index (χ1) is 7.18. The van der Waals surface area contributed by atoms with Gasteiger partial charge in [0.05, 0.1) is 17.6 Å². The molecule has 0 aliphatic heterocycles. The van der Waals surface area contributed by atoms with Crippen LogP contribution in [0.25, 0.3) is 6.08 Å². The molecule has 4 nitrogen and oxygen atoms in total. The van der Waals surface area contributed by atoms with Crippen molar-refractivity contribution in [1.29, 1.82) is 0 Å². The number of anilines is 1. The van der Waals surface area contributed by atoms with Crippen LogP contribution in [0.15, 0.2) is 24.4 Å². The van der Waals surface area contributed by atoms with Crippen LogP contribution in [0.1, 0.15) is 19.0 Å². The summed E-state index contributed by atoms with van der Waals surface area (Å²) in [6, 6.07) is 3.66. The summed E-state index contributed by atoms with van der Waals surface area (Å²) in [7, 11) is 0. The van der Waals surface area contributed by atoms with Gasteiger partial charge >= 0.3 is 0 Å². The molecule has 3 N–H and O–H groups in total. The zero-order valence-electron chi connectivity index (χ0n) is 8.73. The van der Waals surface area contributed by atoms with Gasteiger partial charge in [-0.15, -0.1) is 0 Å². The Hall–Kier alpha value is -1.84. The molecule has 0 bridgehead atoms. The molecule has 0 spiro atoms. The lowest BCUT2D eigenvalue weighted by atomic mass is 10.3. The molecule has 0 saturated carbocycles. The van der Waals surface area contributed by atoms with Gasteiger partial charge in [0.1, 0.15) is 0 Å². The Morgan fingerprint density at radius 1 is 1.60 bits per heavy atom. The minimum absolute atomic E-state index is 0.00555. The summed E-state index contributed by atoms with van der Waals surface area (Å²) in [4.78, 5) is 14.7. The predicted molar refractivity (Wildman–Crippen MR) is 61.0 cm³/mol. The lowest BCUT2D eigenvalue weighted by Crippen LogP contribution is -2.20. The van der Waals surface area contributed by atoms with E-state index in [1.807, 2.05) is 18.2 Å². The lowest BCUT2D eigenvalue weighted by molar-refractivity contribution is -0.118. The maximum absolute atomic E-state index is 10.6. The molecule has 0 aliphatic carbocycles. The predicted octanol–water partition coefficient (Wildman–Crippen LogP) is 1.20. The van der Waals surface area contributed by atoms with Gasteiger partial charge in [0.25, 0.3) is 0 Å². The molecule has 0 aliphatic rings. The van der Waals surface area contributed by atoms with Crippen LogP contribution >= 0.6 is 0 Å². The minimum Gasteiger partial charge on any atom is -0.397 e. The van der Waals surface area contributed by atoms with Gasteiger partial charge in [-0.1, -0.05) is 6.08 Å². The van der Waals surface area contributed by atoms with Gasteiger partial charge < -0.3 is 11.1 Å². The van der Waals surface area contributed by atoms with Gasteiger partial charge in [-0.25, -0.2) is 0 Å². The van der Waals surface area contributed by atoms with Crippen LogP contribution in [0.3, 0.4) is 0 Å². The second-order valence-corrected chi connectivity index (χ2v) is 3.19. The van der Waals surface area contributed by atoms with Gasteiger partial charge in [0.15, 0.2) is 0 Å². The van der Waals surface area contributed by atoms with E-state index < -0.39 is 0 Å². The molecule has 0 fully saturated rings. The third kappa shape index (κ3) is 4.81. The van der Waals surface area contributed by atoms with E-state index in [9.17, 15) is 4.79 Å². The molecule has 80 valence electrons. The molecule has 0 saturated heterocycles. The summed E-state index contributed by atoms with van der Waals surface area (Å²) < 4.78 is 0. The minimum atomic E-state index is -0.00555. The van der Waals surface area contributed by atoms with Crippen molar-refractivity contribution in [3.05, 3.63) is 30.1 Å². The summed E-state index contributed by atoms with van der Waals surface area (Å²) in [5.74, 6) is -0.00555. The first-order valence-corrected chi connectivity index (χ1v) is 4.81. The highest BCUT2D eigenvalue weighted by Gasteiger charge is 1.89. The maximum atomic E-state index is 10.6. The summed E-state index contributed by atoms with van der Waals surface area (Å²) in [5, 5.41) is 2.71. The Labute approximate surface area is 89.2 Å². The van der Waals surface area contributed by atoms with Crippen molar-refractivity contribution >= 4 is 17.7 Å². The van der Waals surface area contributed by atoms with Crippen LogP contribution in [-0.2, 0) is 4.79 Å². The average molecular weight is 205 g/mol. The van der Waals surface area contributed by atoms with Gasteiger partial charge in [-0.05, 0) is 24.6 Å². The van der Waals surface area contributed by atoms with Crippen LogP contribution in [0.5, 0.6) is 0 Å². The van der Waals surface area contributed by atoms with E-state index in [1.54, 1.807) is 12.3 Å². The van der Waals surface area contributed by atoms with E-state index in [4.69, 9.17) is 5.73 Å². The van der Waals surface area contributed by atoms with E-state index in [-0.39, 0.29) is 5.91 Å². The molecular formula is C11H15N3O. The topological polar surface area (TPSA) is 68.0 Å². The highest BCUT2D eigenvalue weighted by molar-refractivity contribution is 5.72. The Morgan fingerprint density at radius 2 is 2.40 bits per heavy atom. The van der Waals surface area contributed by atoms with Gasteiger partial charge in [0.2, 0.25) is 5.91 Å².